The number of nitrogens with zero attached hydrogens (tertiary/aromatic N) is 3. The van der Waals surface area contributed by atoms with Crippen molar-refractivity contribution < 1.29 is 13.9 Å². The number of para-hydroxylation sites is 7. The summed E-state index contributed by atoms with van der Waals surface area (Å²) in [6, 6.07) is 107. The highest BCUT2D eigenvalue weighted by atomic mass is 16.5. The number of hydrogen-bond donors (Lipinski definition) is 0. The largest absolute Gasteiger partial charge is 0.458 e. The van der Waals surface area contributed by atoms with Gasteiger partial charge in [-0.15, -0.1) is 0 Å². The van der Waals surface area contributed by atoms with E-state index in [4.69, 9.17) is 13.9 Å². The standard InChI is InChI=1S/C78H49B2N3O3/c1-7-26-50(27-8-1)57-39-25-40-58(51-28-9-2-10-29-51)71(57)73-77-72(59-38-19-24-45-67(59)85-77)76-75-78(73)86-69-49-68-62(48-63(69)80(75)61-42-21-23-44-65(61)83(76)55-36-17-6-18-37-55)79-60-41-20-22-43-64(60)82(54-34-15-5-16-35-54)66-46-56(47-70(84-68)74(66)79)81(52-30-11-3-12-31-52)53-32-13-4-14-33-53/h1-49H. The van der Waals surface area contributed by atoms with Gasteiger partial charge in [-0.05, 0) is 128 Å². The summed E-state index contributed by atoms with van der Waals surface area (Å²) < 4.78 is 23.1. The van der Waals surface area contributed by atoms with Crippen LogP contribution in [0.1, 0.15) is 0 Å². The summed E-state index contributed by atoms with van der Waals surface area (Å²) in [6.07, 6.45) is 0. The van der Waals surface area contributed by atoms with Gasteiger partial charge in [-0.3, -0.25) is 0 Å². The Kier molecular flexibility index (Phi) is 10.8. The summed E-state index contributed by atoms with van der Waals surface area (Å²) in [5.41, 5.74) is 24.0. The monoisotopic (exact) mass is 1100 g/mol. The minimum atomic E-state index is -0.292. The van der Waals surface area contributed by atoms with Crippen LogP contribution in [0.15, 0.2) is 302 Å². The molecule has 4 aliphatic heterocycles. The van der Waals surface area contributed by atoms with Crippen molar-refractivity contribution in [3.8, 4) is 56.4 Å². The summed E-state index contributed by atoms with van der Waals surface area (Å²) in [7, 11) is 0. The molecule has 400 valence electrons. The van der Waals surface area contributed by atoms with Gasteiger partial charge in [0.05, 0.1) is 22.3 Å². The number of benzene rings is 13. The third kappa shape index (κ3) is 7.23. The van der Waals surface area contributed by atoms with E-state index >= 15 is 0 Å². The Balaban J connectivity index is 0.947. The summed E-state index contributed by atoms with van der Waals surface area (Å²) >= 11 is 0. The van der Waals surface area contributed by atoms with Crippen LogP contribution in [0.3, 0.4) is 0 Å². The molecule has 6 nitrogen and oxygen atoms in total. The zero-order chi connectivity index (χ0) is 56.4. The SMILES string of the molecule is c1ccc(-c2cccc(-c3ccccc3)c2-c2c3c4c(c5c2oc2ccccc25)N(c2ccccc2)c2ccccc2B4c2cc4c(cc2O3)Oc2cc(N(c3ccccc3)c3ccccc3)cc3c2B4c2ccccc2N3c2ccccc2)cc1. The fraction of sp³-hybridized carbons (Fsp3) is 0. The van der Waals surface area contributed by atoms with E-state index in [0.717, 1.165) is 151 Å². The first-order valence-electron chi connectivity index (χ1n) is 29.5. The molecule has 0 saturated carbocycles. The molecule has 1 aromatic heterocycles. The quantitative estimate of drug-likeness (QED) is 0.141. The Bertz CT molecular complexity index is 4930. The van der Waals surface area contributed by atoms with Gasteiger partial charge in [0.1, 0.15) is 34.2 Å². The van der Waals surface area contributed by atoms with E-state index in [0.29, 0.717) is 0 Å². The minimum absolute atomic E-state index is 0.205. The van der Waals surface area contributed by atoms with E-state index in [1.54, 1.807) is 0 Å². The Morgan fingerprint density at radius 1 is 0.337 bits per heavy atom. The van der Waals surface area contributed by atoms with Gasteiger partial charge in [0.25, 0.3) is 13.4 Å². The number of fused-ring (bicyclic) bond motifs is 12. The van der Waals surface area contributed by atoms with Crippen molar-refractivity contribution in [2.45, 2.75) is 0 Å². The molecule has 0 fully saturated rings. The smallest absolute Gasteiger partial charge is 0.256 e. The Morgan fingerprint density at radius 3 is 1.45 bits per heavy atom. The first-order valence-corrected chi connectivity index (χ1v) is 29.5. The lowest BCUT2D eigenvalue weighted by molar-refractivity contribution is 0.466. The molecule has 5 heterocycles. The van der Waals surface area contributed by atoms with Crippen LogP contribution < -0.4 is 57.0 Å². The average Bonchev–Trinajstić information content (AvgIpc) is 1.15. The molecule has 14 aromatic rings. The maximum atomic E-state index is 7.99. The molecule has 86 heavy (non-hydrogen) atoms. The summed E-state index contributed by atoms with van der Waals surface area (Å²) in [5.74, 6) is 3.02. The van der Waals surface area contributed by atoms with Crippen molar-refractivity contribution in [2.24, 2.45) is 0 Å². The zero-order valence-corrected chi connectivity index (χ0v) is 46.5. The highest BCUT2D eigenvalue weighted by molar-refractivity contribution is 7.02. The topological polar surface area (TPSA) is 41.3 Å². The second-order valence-electron chi connectivity index (χ2n) is 22.6. The predicted molar refractivity (Wildman–Crippen MR) is 356 cm³/mol. The fourth-order valence-electron chi connectivity index (χ4n) is 14.4. The van der Waals surface area contributed by atoms with Crippen LogP contribution in [0.4, 0.5) is 51.2 Å². The highest BCUT2D eigenvalue weighted by Crippen LogP contribution is 2.56. The molecule has 0 bridgehead atoms. The number of furan rings is 1. The van der Waals surface area contributed by atoms with Gasteiger partial charge >= 0.3 is 0 Å². The van der Waals surface area contributed by atoms with Gasteiger partial charge in [0, 0.05) is 62.9 Å². The molecule has 8 heteroatoms. The Hall–Kier alpha value is -11.2. The molecule has 0 atom stereocenters. The van der Waals surface area contributed by atoms with Crippen LogP contribution in [-0.2, 0) is 0 Å². The van der Waals surface area contributed by atoms with E-state index in [2.05, 4.69) is 312 Å². The molecule has 0 radical (unpaired) electrons. The Labute approximate surface area is 498 Å². The molecule has 0 unspecified atom stereocenters. The van der Waals surface area contributed by atoms with Crippen LogP contribution in [-0.4, -0.2) is 13.4 Å². The van der Waals surface area contributed by atoms with Gasteiger partial charge in [0.2, 0.25) is 0 Å². The van der Waals surface area contributed by atoms with Crippen LogP contribution in [0, 0.1) is 0 Å². The van der Waals surface area contributed by atoms with Crippen molar-refractivity contribution in [1.82, 2.24) is 0 Å². The molecule has 13 aromatic carbocycles. The minimum Gasteiger partial charge on any atom is -0.458 e. The maximum Gasteiger partial charge on any atom is 0.256 e. The van der Waals surface area contributed by atoms with Crippen molar-refractivity contribution in [2.75, 3.05) is 14.7 Å². The van der Waals surface area contributed by atoms with Gasteiger partial charge < -0.3 is 28.6 Å². The van der Waals surface area contributed by atoms with Gasteiger partial charge in [0.15, 0.2) is 0 Å². The maximum absolute atomic E-state index is 7.99. The van der Waals surface area contributed by atoms with Crippen molar-refractivity contribution >= 4 is 119 Å². The molecular weight excluding hydrogens is 1050 g/mol. The second-order valence-corrected chi connectivity index (χ2v) is 22.6. The summed E-state index contributed by atoms with van der Waals surface area (Å²) in [6.45, 7) is -0.497. The van der Waals surface area contributed by atoms with E-state index in [1.807, 2.05) is 0 Å². The molecule has 0 aliphatic carbocycles. The van der Waals surface area contributed by atoms with Crippen molar-refractivity contribution in [3.05, 3.63) is 297 Å². The van der Waals surface area contributed by atoms with E-state index in [1.165, 1.54) is 10.9 Å². The van der Waals surface area contributed by atoms with Crippen molar-refractivity contribution in [3.63, 3.8) is 0 Å². The summed E-state index contributed by atoms with van der Waals surface area (Å²) in [4.78, 5) is 7.21. The highest BCUT2D eigenvalue weighted by Gasteiger charge is 2.49. The molecule has 18 rings (SSSR count). The molecule has 0 N–H and O–H groups in total. The number of hydrogen-bond acceptors (Lipinski definition) is 6. The number of rotatable bonds is 8. The fourth-order valence-corrected chi connectivity index (χ4v) is 14.4. The molecule has 4 aliphatic rings. The van der Waals surface area contributed by atoms with Crippen LogP contribution in [0.2, 0.25) is 0 Å². The van der Waals surface area contributed by atoms with Gasteiger partial charge in [-0.1, -0.05) is 212 Å². The molecule has 0 saturated heterocycles. The Morgan fingerprint density at radius 2 is 0.837 bits per heavy atom. The number of ether oxygens (including phenoxy) is 2. The van der Waals surface area contributed by atoms with Crippen LogP contribution in [0.5, 0.6) is 23.0 Å². The van der Waals surface area contributed by atoms with E-state index < -0.39 is 0 Å². The normalized spacial score (nSPS) is 13.0. The second kappa shape index (κ2) is 19.2. The van der Waals surface area contributed by atoms with Gasteiger partial charge in [-0.2, -0.15) is 0 Å². The lowest BCUT2D eigenvalue weighted by Gasteiger charge is -2.43. The van der Waals surface area contributed by atoms with E-state index in [9.17, 15) is 0 Å². The number of anilines is 9. The van der Waals surface area contributed by atoms with Crippen LogP contribution in [0.25, 0.3) is 55.3 Å². The third-order valence-electron chi connectivity index (χ3n) is 17.9. The van der Waals surface area contributed by atoms with Crippen LogP contribution >= 0.6 is 0 Å². The summed E-state index contributed by atoms with van der Waals surface area (Å²) in [5, 5.41) is 2.07. The lowest BCUT2D eigenvalue weighted by Crippen LogP contribution is -2.63. The first-order chi connectivity index (χ1) is 42.7. The van der Waals surface area contributed by atoms with Crippen molar-refractivity contribution in [1.29, 1.82) is 0 Å². The molecular formula is C78H49B2N3O3. The average molecular weight is 1100 g/mol. The zero-order valence-electron chi connectivity index (χ0n) is 46.5. The van der Waals surface area contributed by atoms with E-state index in [-0.39, 0.29) is 13.4 Å². The van der Waals surface area contributed by atoms with Gasteiger partial charge in [-0.25, -0.2) is 0 Å². The third-order valence-corrected chi connectivity index (χ3v) is 17.9. The molecule has 0 spiro atoms. The predicted octanol–water partition coefficient (Wildman–Crippen LogP) is 16.9. The first kappa shape index (κ1) is 48.3. The lowest BCUT2D eigenvalue weighted by atomic mass is 9.31. The molecule has 0 amide bonds.